The van der Waals surface area contributed by atoms with Gasteiger partial charge in [0.1, 0.15) is 5.75 Å². The van der Waals surface area contributed by atoms with E-state index in [4.69, 9.17) is 4.74 Å². The second-order valence-corrected chi connectivity index (χ2v) is 3.97. The fraction of sp³-hybridized carbons (Fsp3) is 0.125. The Bertz CT molecular complexity index is 513. The molecule has 92 valence electrons. The third-order valence-electron chi connectivity index (χ3n) is 2.77. The zero-order valence-corrected chi connectivity index (χ0v) is 10.3. The van der Waals surface area contributed by atoms with Crippen molar-refractivity contribution in [3.8, 4) is 5.75 Å². The van der Waals surface area contributed by atoms with Gasteiger partial charge in [-0.3, -0.25) is 0 Å². The van der Waals surface area contributed by atoms with Crippen molar-refractivity contribution in [3.63, 3.8) is 0 Å². The number of hydrogen-bond donors (Lipinski definition) is 1. The van der Waals surface area contributed by atoms with Crippen molar-refractivity contribution in [1.82, 2.24) is 0 Å². The van der Waals surface area contributed by atoms with Gasteiger partial charge in [-0.25, -0.2) is 0 Å². The molecule has 1 N–H and O–H groups in total. The number of aliphatic hydroxyl groups excluding tert-OH is 1. The third kappa shape index (κ3) is 2.99. The topological polar surface area (TPSA) is 29.5 Å². The van der Waals surface area contributed by atoms with E-state index in [2.05, 4.69) is 0 Å². The van der Waals surface area contributed by atoms with E-state index >= 15 is 0 Å². The second kappa shape index (κ2) is 6.03. The van der Waals surface area contributed by atoms with Gasteiger partial charge in [0.15, 0.2) is 0 Å². The zero-order valence-electron chi connectivity index (χ0n) is 10.3. The van der Waals surface area contributed by atoms with Crippen molar-refractivity contribution in [2.75, 3.05) is 13.7 Å². The summed E-state index contributed by atoms with van der Waals surface area (Å²) in [6, 6.07) is 17.6. The van der Waals surface area contributed by atoms with Gasteiger partial charge in [0.25, 0.3) is 0 Å². The molecule has 0 aliphatic heterocycles. The first-order valence-corrected chi connectivity index (χ1v) is 5.84. The van der Waals surface area contributed by atoms with E-state index < -0.39 is 0 Å². The molecule has 2 aromatic rings. The minimum atomic E-state index is 0.0151. The fourth-order valence-corrected chi connectivity index (χ4v) is 1.78. The van der Waals surface area contributed by atoms with Crippen LogP contribution in [-0.2, 0) is 0 Å². The van der Waals surface area contributed by atoms with Crippen molar-refractivity contribution in [2.24, 2.45) is 0 Å². The number of hydrogen-bond acceptors (Lipinski definition) is 2. The summed E-state index contributed by atoms with van der Waals surface area (Å²) in [5.74, 6) is 0.816. The van der Waals surface area contributed by atoms with Crippen LogP contribution in [0.1, 0.15) is 11.1 Å². The van der Waals surface area contributed by atoms with Crippen LogP contribution in [0, 0.1) is 0 Å². The molecular weight excluding hydrogens is 224 g/mol. The molecule has 0 saturated heterocycles. The van der Waals surface area contributed by atoms with Crippen LogP contribution >= 0.6 is 0 Å². The maximum atomic E-state index is 9.47. The van der Waals surface area contributed by atoms with E-state index in [9.17, 15) is 5.11 Å². The highest BCUT2D eigenvalue weighted by molar-refractivity contribution is 5.82. The molecule has 2 heteroatoms. The molecule has 0 aliphatic carbocycles. The molecule has 0 aliphatic rings. The molecule has 0 spiro atoms. The highest BCUT2D eigenvalue weighted by Crippen LogP contribution is 2.20. The molecule has 2 aromatic carbocycles. The first kappa shape index (κ1) is 12.4. The summed E-state index contributed by atoms with van der Waals surface area (Å²) in [4.78, 5) is 0. The quantitative estimate of drug-likeness (QED) is 0.831. The van der Waals surface area contributed by atoms with Crippen LogP contribution in [0.15, 0.2) is 54.6 Å². The Kier molecular flexibility index (Phi) is 4.15. The molecule has 0 saturated carbocycles. The van der Waals surface area contributed by atoms with E-state index in [1.165, 1.54) is 0 Å². The van der Waals surface area contributed by atoms with Gasteiger partial charge in [-0.15, -0.1) is 0 Å². The van der Waals surface area contributed by atoms with Gasteiger partial charge in [0.05, 0.1) is 13.7 Å². The zero-order chi connectivity index (χ0) is 12.8. The van der Waals surface area contributed by atoms with Gasteiger partial charge in [0, 0.05) is 0 Å². The van der Waals surface area contributed by atoms with Crippen molar-refractivity contribution in [3.05, 3.63) is 65.7 Å². The molecule has 0 unspecified atom stereocenters. The maximum Gasteiger partial charge on any atom is 0.118 e. The largest absolute Gasteiger partial charge is 0.497 e. The highest BCUT2D eigenvalue weighted by atomic mass is 16.5. The maximum absolute atomic E-state index is 9.47. The summed E-state index contributed by atoms with van der Waals surface area (Å²) in [7, 11) is 1.64. The van der Waals surface area contributed by atoms with E-state index in [-0.39, 0.29) is 6.61 Å². The van der Waals surface area contributed by atoms with Gasteiger partial charge in [-0.1, -0.05) is 42.5 Å². The molecule has 0 heterocycles. The summed E-state index contributed by atoms with van der Waals surface area (Å²) < 4.78 is 5.12. The van der Waals surface area contributed by atoms with Crippen molar-refractivity contribution in [1.29, 1.82) is 0 Å². The lowest BCUT2D eigenvalue weighted by molar-refractivity contribution is 0.350. The smallest absolute Gasteiger partial charge is 0.118 e. The standard InChI is InChI=1S/C16H16O2/c1-18-16-9-7-14(8-10-16)15(12-17)11-13-5-3-2-4-6-13/h2-11,17H,12H2,1H3/b15-11+. The predicted octanol–water partition coefficient (Wildman–Crippen LogP) is 3.23. The van der Waals surface area contributed by atoms with Gasteiger partial charge in [0.2, 0.25) is 0 Å². The Hall–Kier alpha value is -2.06. The van der Waals surface area contributed by atoms with Gasteiger partial charge < -0.3 is 9.84 Å². The van der Waals surface area contributed by atoms with Crippen molar-refractivity contribution >= 4 is 11.6 Å². The van der Waals surface area contributed by atoms with Crippen LogP contribution in [0.25, 0.3) is 11.6 Å². The van der Waals surface area contributed by atoms with Crippen LogP contribution in [-0.4, -0.2) is 18.8 Å². The van der Waals surface area contributed by atoms with Gasteiger partial charge >= 0.3 is 0 Å². The average molecular weight is 240 g/mol. The molecular formula is C16H16O2. The van der Waals surface area contributed by atoms with Crippen LogP contribution < -0.4 is 4.74 Å². The number of rotatable bonds is 4. The minimum Gasteiger partial charge on any atom is -0.497 e. The van der Waals surface area contributed by atoms with Crippen LogP contribution in [0.3, 0.4) is 0 Å². The first-order valence-electron chi connectivity index (χ1n) is 5.84. The minimum absolute atomic E-state index is 0.0151. The van der Waals surface area contributed by atoms with Gasteiger partial charge in [-0.05, 0) is 34.9 Å². The summed E-state index contributed by atoms with van der Waals surface area (Å²) >= 11 is 0. The molecule has 0 atom stereocenters. The molecule has 0 bridgehead atoms. The Morgan fingerprint density at radius 3 is 2.28 bits per heavy atom. The molecule has 18 heavy (non-hydrogen) atoms. The van der Waals surface area contributed by atoms with Crippen molar-refractivity contribution < 1.29 is 9.84 Å². The van der Waals surface area contributed by atoms with Gasteiger partial charge in [-0.2, -0.15) is 0 Å². The summed E-state index contributed by atoms with van der Waals surface area (Å²) in [5.41, 5.74) is 2.98. The number of benzene rings is 2. The molecule has 2 rings (SSSR count). The number of methoxy groups -OCH3 is 1. The lowest BCUT2D eigenvalue weighted by atomic mass is 10.0. The average Bonchev–Trinajstić information content (AvgIpc) is 2.46. The van der Waals surface area contributed by atoms with E-state index in [0.29, 0.717) is 0 Å². The van der Waals surface area contributed by atoms with E-state index in [1.807, 2.05) is 60.7 Å². The van der Waals surface area contributed by atoms with E-state index in [0.717, 1.165) is 22.4 Å². The van der Waals surface area contributed by atoms with E-state index in [1.54, 1.807) is 7.11 Å². The Morgan fingerprint density at radius 1 is 1.06 bits per heavy atom. The number of aliphatic hydroxyl groups is 1. The molecule has 2 nitrogen and oxygen atoms in total. The summed E-state index contributed by atoms with van der Waals surface area (Å²) in [5, 5.41) is 9.47. The molecule has 0 radical (unpaired) electrons. The highest BCUT2D eigenvalue weighted by Gasteiger charge is 2.01. The van der Waals surface area contributed by atoms with Crippen molar-refractivity contribution in [2.45, 2.75) is 0 Å². The second-order valence-electron chi connectivity index (χ2n) is 3.97. The Labute approximate surface area is 107 Å². The lowest BCUT2D eigenvalue weighted by Crippen LogP contribution is -1.91. The number of ether oxygens (including phenoxy) is 1. The van der Waals surface area contributed by atoms with Crippen LogP contribution in [0.2, 0.25) is 0 Å². The summed E-state index contributed by atoms with van der Waals surface area (Å²) in [6.45, 7) is 0.0151. The lowest BCUT2D eigenvalue weighted by Gasteiger charge is -2.06. The Morgan fingerprint density at radius 2 is 1.72 bits per heavy atom. The third-order valence-corrected chi connectivity index (χ3v) is 2.77. The van der Waals surface area contributed by atoms with Crippen LogP contribution in [0.5, 0.6) is 5.75 Å². The van der Waals surface area contributed by atoms with Crippen LogP contribution in [0.4, 0.5) is 0 Å². The summed E-state index contributed by atoms with van der Waals surface area (Å²) in [6.07, 6.45) is 1.99. The normalized spacial score (nSPS) is 11.3. The first-order chi connectivity index (χ1) is 8.83. The predicted molar refractivity (Wildman–Crippen MR) is 74.4 cm³/mol. The SMILES string of the molecule is COc1ccc(/C(=C/c2ccccc2)CO)cc1. The molecule has 0 aromatic heterocycles. The fourth-order valence-electron chi connectivity index (χ4n) is 1.78. The monoisotopic (exact) mass is 240 g/mol. The Balaban J connectivity index is 2.30. The molecule has 0 amide bonds. The molecule has 0 fully saturated rings.